The molecule has 608 valence electrons. The number of carboxylic acid groups (broad SMARTS) is 3. The van der Waals surface area contributed by atoms with Crippen molar-refractivity contribution in [3.8, 4) is 153 Å². The first-order chi connectivity index (χ1) is 59.2. The van der Waals surface area contributed by atoms with E-state index in [1.54, 1.807) is 127 Å². The van der Waals surface area contributed by atoms with Gasteiger partial charge in [0, 0.05) is 149 Å². The highest BCUT2D eigenvalue weighted by molar-refractivity contribution is 6.08. The lowest BCUT2D eigenvalue weighted by atomic mass is 9.73. The molecule has 25 nitrogen and oxygen atoms in total. The molecule has 0 radical (unpaired) electrons. The average molecular weight is 1640 g/mol. The Morgan fingerprint density at radius 3 is 1.15 bits per heavy atom. The van der Waals surface area contributed by atoms with Crippen LogP contribution in [0.4, 0.5) is 0 Å². The zero-order chi connectivity index (χ0) is 86.3. The molecule has 6 aliphatic carbocycles. The molecule has 1 saturated carbocycles. The third-order valence-corrected chi connectivity index (χ3v) is 21.3. The molecule has 0 amide bonds. The molecule has 0 aromatic heterocycles. The number of aromatic hydroxyl groups is 9. The summed E-state index contributed by atoms with van der Waals surface area (Å²) < 4.78 is 28.8. The number of aromatic carboxylic acids is 2. The van der Waals surface area contributed by atoms with Crippen molar-refractivity contribution in [2.24, 2.45) is 5.92 Å². The standard InChI is InChI=1S/2C20H12O5.C20H18O5.C19H12O6.C19H12O4/c21-13-5-7-15-17(9-13)25-18-10-14(22)6-8-16(18)19(15)11-1-3-12(4-2-11)20(23)24;21-13-4-6-15-17(9-13)25-18-10-14(22)5-7-16(18)19(15)11-2-1-3-12(8-11)20(23)24;21-11-5-7-15-17(9-11)25-18-10-12(22)6-8-16(18)19(15)13-3-1-2-4-14(13)20(23)24;20-12-4-2-1-3-9(12)19-10-5-13(21)15(23)7-17(10)25-18-8-16(24)14(22)6-11(18)19;20-11-5-7-14-17(9-11)23-18-10-12(21)6-8-15(18)19(14)13-3-1-2-4-16(13)22/h2*1-10,21H,(H,23,24);5-10,13-14,21H,1-4H2,(H,23,24);1-8,20-23H;1-10,20,22H. The van der Waals surface area contributed by atoms with Crippen LogP contribution in [0, 0.1) is 5.92 Å². The van der Waals surface area contributed by atoms with E-state index in [0.717, 1.165) is 86.0 Å². The van der Waals surface area contributed by atoms with Crippen LogP contribution < -0.4 is 27.1 Å². The van der Waals surface area contributed by atoms with Crippen molar-refractivity contribution in [3.05, 3.63) is 335 Å². The molecule has 9 aromatic carbocycles. The number of hydrogen-bond donors (Lipinski definition) is 12. The molecule has 5 heterocycles. The van der Waals surface area contributed by atoms with Gasteiger partial charge in [-0.2, -0.15) is 0 Å². The highest BCUT2D eigenvalue weighted by Crippen LogP contribution is 2.51. The molecule has 20 rings (SSSR count). The van der Waals surface area contributed by atoms with E-state index >= 15 is 0 Å². The van der Waals surface area contributed by atoms with Crippen molar-refractivity contribution in [1.29, 1.82) is 0 Å². The number of aliphatic carboxylic acids is 1. The SMILES string of the molecule is O=C(O)C1CCCCC1c1c2ccc(=O)cc-2oc2cc(O)ccc12.O=C(O)c1ccc(-c2c3ccc(=O)cc-3oc3cc(O)ccc23)cc1.O=C(O)c1cccc(-c2c3ccc(=O)cc-3oc3cc(O)ccc23)c1.O=c1cc2oc3cc(O)c(O)cc3c(-c3ccccc3O)c-2cc1O.O=c1ccc2c(-c3ccccc3O)c3ccc(O)cc3oc-2c1. The van der Waals surface area contributed by atoms with E-state index in [2.05, 4.69) is 0 Å². The van der Waals surface area contributed by atoms with Crippen LogP contribution in [0.15, 0.2) is 313 Å². The fraction of sp³-hybridized carbons (Fsp3) is 0.0612. The van der Waals surface area contributed by atoms with Gasteiger partial charge in [0.25, 0.3) is 0 Å². The minimum absolute atomic E-state index is 0.0189. The third kappa shape index (κ3) is 16.0. The Hall–Kier alpha value is -17.0. The van der Waals surface area contributed by atoms with Crippen molar-refractivity contribution in [3.63, 3.8) is 0 Å². The fourth-order valence-electron chi connectivity index (χ4n) is 15.7. The van der Waals surface area contributed by atoms with Crippen LogP contribution >= 0.6 is 0 Å². The van der Waals surface area contributed by atoms with Gasteiger partial charge in [-0.05, 0) is 181 Å². The summed E-state index contributed by atoms with van der Waals surface area (Å²) in [6.45, 7) is 0. The largest absolute Gasteiger partial charge is 0.508 e. The topological polar surface area (TPSA) is 445 Å². The Morgan fingerprint density at radius 1 is 0.276 bits per heavy atom. The maximum Gasteiger partial charge on any atom is 0.335 e. The minimum Gasteiger partial charge on any atom is -0.508 e. The first-order valence-electron chi connectivity index (χ1n) is 38.1. The summed E-state index contributed by atoms with van der Waals surface area (Å²) >= 11 is 0. The molecule has 0 bridgehead atoms. The number of carbonyl (C=O) groups is 3. The molecule has 9 aromatic rings. The molecular weight excluding hydrogens is 1580 g/mol. The number of phenols is 9. The third-order valence-electron chi connectivity index (χ3n) is 21.3. The van der Waals surface area contributed by atoms with Gasteiger partial charge >= 0.3 is 17.9 Å². The van der Waals surface area contributed by atoms with Gasteiger partial charge in [0.1, 0.15) is 91.2 Å². The van der Waals surface area contributed by atoms with Crippen LogP contribution in [0.3, 0.4) is 0 Å². The lowest BCUT2D eigenvalue weighted by molar-refractivity contribution is -0.143. The first kappa shape index (κ1) is 79.9. The van der Waals surface area contributed by atoms with Crippen molar-refractivity contribution < 1.29 is 97.7 Å². The zero-order valence-electron chi connectivity index (χ0n) is 64.1. The van der Waals surface area contributed by atoms with E-state index in [0.29, 0.717) is 95.9 Å². The normalized spacial score (nSPS) is 13.1. The molecule has 2 unspecified atom stereocenters. The van der Waals surface area contributed by atoms with E-state index in [-0.39, 0.29) is 96.1 Å². The second kappa shape index (κ2) is 32.9. The molecule has 5 aliphatic heterocycles. The van der Waals surface area contributed by atoms with Crippen molar-refractivity contribution >= 4 is 72.8 Å². The number of carboxylic acids is 3. The summed E-state index contributed by atoms with van der Waals surface area (Å²) in [5, 5.41) is 120. The van der Waals surface area contributed by atoms with Gasteiger partial charge in [-0.3, -0.25) is 28.8 Å². The van der Waals surface area contributed by atoms with Crippen LogP contribution in [0.1, 0.15) is 57.9 Å². The molecule has 25 heteroatoms. The molecule has 2 atom stereocenters. The van der Waals surface area contributed by atoms with E-state index in [1.165, 1.54) is 121 Å². The number of hydrogen-bond acceptors (Lipinski definition) is 22. The zero-order valence-corrected chi connectivity index (χ0v) is 64.1. The van der Waals surface area contributed by atoms with Crippen LogP contribution in [-0.4, -0.2) is 79.2 Å². The van der Waals surface area contributed by atoms with Crippen molar-refractivity contribution in [1.82, 2.24) is 0 Å². The van der Waals surface area contributed by atoms with E-state index < -0.39 is 35.0 Å². The maximum absolute atomic E-state index is 11.8. The quantitative estimate of drug-likeness (QED) is 0.0496. The first-order valence-corrected chi connectivity index (χ1v) is 38.1. The second-order valence-electron chi connectivity index (χ2n) is 29.1. The summed E-state index contributed by atoms with van der Waals surface area (Å²) in [6.07, 6.45) is 3.31. The van der Waals surface area contributed by atoms with Crippen LogP contribution in [0.2, 0.25) is 0 Å². The summed E-state index contributed by atoms with van der Waals surface area (Å²) in [5.41, 5.74) is 10.6. The second-order valence-corrected chi connectivity index (χ2v) is 29.1. The van der Waals surface area contributed by atoms with Gasteiger partial charge in [0.15, 0.2) is 39.0 Å². The minimum atomic E-state index is -1.02. The van der Waals surface area contributed by atoms with Crippen molar-refractivity contribution in [2.45, 2.75) is 31.6 Å². The monoisotopic (exact) mass is 1640 g/mol. The highest BCUT2D eigenvalue weighted by Gasteiger charge is 2.36. The van der Waals surface area contributed by atoms with E-state index in [4.69, 9.17) is 27.2 Å². The van der Waals surface area contributed by atoms with Gasteiger partial charge in [-0.1, -0.05) is 73.5 Å². The van der Waals surface area contributed by atoms with E-state index in [1.807, 2.05) is 12.1 Å². The predicted octanol–water partition coefficient (Wildman–Crippen LogP) is 19.3. The number of benzene rings is 14. The summed E-state index contributed by atoms with van der Waals surface area (Å²) in [4.78, 5) is 92.7. The van der Waals surface area contributed by atoms with Gasteiger partial charge in [-0.15, -0.1) is 0 Å². The Bertz CT molecular complexity index is 7580. The molecule has 1 fully saturated rings. The summed E-state index contributed by atoms with van der Waals surface area (Å²) in [5.74, 6) is -2.43. The lowest BCUT2D eigenvalue weighted by Crippen LogP contribution is -2.26. The highest BCUT2D eigenvalue weighted by atomic mass is 16.4. The number of phenolic OH excluding ortho intramolecular Hbond substituents is 9. The predicted molar refractivity (Wildman–Crippen MR) is 459 cm³/mol. The summed E-state index contributed by atoms with van der Waals surface area (Å²) in [7, 11) is 0. The molecule has 123 heavy (non-hydrogen) atoms. The average Bonchev–Trinajstić information content (AvgIpc) is 0.792. The number of rotatable bonds is 8. The van der Waals surface area contributed by atoms with E-state index in [9.17, 15) is 94.5 Å². The molecular formula is C98H66O25. The summed E-state index contributed by atoms with van der Waals surface area (Å²) in [6, 6.07) is 68.9. The Balaban J connectivity index is 0.000000114. The molecule has 11 aliphatic rings. The molecule has 0 saturated heterocycles. The molecule has 0 spiro atoms. The Morgan fingerprint density at radius 2 is 0.675 bits per heavy atom. The van der Waals surface area contributed by atoms with Gasteiger partial charge in [0.2, 0.25) is 5.43 Å². The van der Waals surface area contributed by atoms with Crippen molar-refractivity contribution in [2.75, 3.05) is 0 Å². The Labute approximate surface area is 692 Å². The van der Waals surface area contributed by atoms with Crippen LogP contribution in [-0.2, 0) is 4.79 Å². The van der Waals surface area contributed by atoms with Crippen LogP contribution in [0.25, 0.3) is 156 Å². The smallest absolute Gasteiger partial charge is 0.335 e. The fourth-order valence-corrected chi connectivity index (χ4v) is 15.7. The maximum atomic E-state index is 11.8. The number of fused-ring (bicyclic) bond motifs is 10. The Kier molecular flexibility index (Phi) is 21.3. The van der Waals surface area contributed by atoms with Crippen LogP contribution in [0.5, 0.6) is 51.7 Å². The van der Waals surface area contributed by atoms with Gasteiger partial charge < -0.3 is 83.4 Å². The number of para-hydroxylation sites is 2. The lowest BCUT2D eigenvalue weighted by Gasteiger charge is -2.31. The van der Waals surface area contributed by atoms with Gasteiger partial charge in [0.05, 0.1) is 17.0 Å². The molecule has 12 N–H and O–H groups in total. The van der Waals surface area contributed by atoms with Gasteiger partial charge in [-0.25, -0.2) is 9.59 Å².